The van der Waals surface area contributed by atoms with Crippen molar-refractivity contribution in [2.24, 2.45) is 0 Å². The van der Waals surface area contributed by atoms with Crippen molar-refractivity contribution in [3.05, 3.63) is 145 Å². The molecule has 0 aliphatic heterocycles. The van der Waals surface area contributed by atoms with Crippen molar-refractivity contribution in [3.63, 3.8) is 0 Å². The Kier molecular flexibility index (Phi) is 5.94. The van der Waals surface area contributed by atoms with Gasteiger partial charge >= 0.3 is 0 Å². The number of benzene rings is 5. The molecule has 0 saturated heterocycles. The van der Waals surface area contributed by atoms with E-state index in [1.807, 2.05) is 25.5 Å². The van der Waals surface area contributed by atoms with Crippen LogP contribution in [0.2, 0.25) is 0 Å². The van der Waals surface area contributed by atoms with Crippen molar-refractivity contribution in [1.82, 2.24) is 9.97 Å². The summed E-state index contributed by atoms with van der Waals surface area (Å²) < 4.78 is 0. The maximum absolute atomic E-state index is 4.48. The van der Waals surface area contributed by atoms with E-state index in [1.165, 1.54) is 66.1 Å². The average Bonchev–Trinajstić information content (AvgIpc) is 3.01. The van der Waals surface area contributed by atoms with Gasteiger partial charge in [0.1, 0.15) is 0 Å². The topological polar surface area (TPSA) is 25.8 Å². The quantitative estimate of drug-likeness (QED) is 0.219. The van der Waals surface area contributed by atoms with Crippen LogP contribution >= 0.6 is 0 Å². The van der Waals surface area contributed by atoms with Gasteiger partial charge in [-0.3, -0.25) is 9.97 Å². The molecule has 2 aromatic heterocycles. The lowest BCUT2D eigenvalue weighted by molar-refractivity contribution is 1.20. The zero-order valence-electron chi connectivity index (χ0n) is 22.6. The Morgan fingerprint density at radius 2 is 0.975 bits per heavy atom. The van der Waals surface area contributed by atoms with Gasteiger partial charge in [0.2, 0.25) is 0 Å². The first-order chi connectivity index (χ1) is 19.7. The smallest absolute Gasteiger partial charge is 0.0373 e. The second-order valence-corrected chi connectivity index (χ2v) is 10.4. The number of hydrogen-bond acceptors (Lipinski definition) is 2. The van der Waals surface area contributed by atoms with Crippen LogP contribution < -0.4 is 0 Å². The highest BCUT2D eigenvalue weighted by Crippen LogP contribution is 2.45. The maximum Gasteiger partial charge on any atom is 0.0373 e. The monoisotopic (exact) mass is 512 g/mol. The lowest BCUT2D eigenvalue weighted by Crippen LogP contribution is -1.93. The van der Waals surface area contributed by atoms with Gasteiger partial charge in [0.15, 0.2) is 0 Å². The van der Waals surface area contributed by atoms with E-state index in [4.69, 9.17) is 0 Å². The molecule has 2 heterocycles. The average molecular weight is 513 g/mol. The summed E-state index contributed by atoms with van der Waals surface area (Å²) in [5.74, 6) is 0. The molecular weight excluding hydrogens is 484 g/mol. The Balaban J connectivity index is 1.43. The molecule has 0 N–H and O–H groups in total. The molecule has 0 saturated carbocycles. The molecule has 0 spiro atoms. The predicted octanol–water partition coefficient (Wildman–Crippen LogP) is 10.1. The fourth-order valence-electron chi connectivity index (χ4n) is 5.87. The number of rotatable bonds is 4. The number of pyridine rings is 2. The minimum atomic E-state index is 1.03. The highest BCUT2D eigenvalue weighted by Gasteiger charge is 2.18. The van der Waals surface area contributed by atoms with Crippen LogP contribution in [0.5, 0.6) is 0 Å². The Hall–Kier alpha value is -5.08. The van der Waals surface area contributed by atoms with Crippen molar-refractivity contribution >= 4 is 21.5 Å². The second-order valence-electron chi connectivity index (χ2n) is 10.4. The van der Waals surface area contributed by atoms with E-state index in [0.717, 1.165) is 11.3 Å². The van der Waals surface area contributed by atoms with Crippen molar-refractivity contribution in [2.75, 3.05) is 0 Å². The zero-order valence-corrected chi connectivity index (χ0v) is 22.6. The summed E-state index contributed by atoms with van der Waals surface area (Å²) in [6.07, 6.45) is 5.65. The molecule has 7 rings (SSSR count). The minimum Gasteiger partial charge on any atom is -0.265 e. The minimum absolute atomic E-state index is 1.03. The van der Waals surface area contributed by atoms with Crippen LogP contribution in [0.25, 0.3) is 66.1 Å². The Bertz CT molecular complexity index is 1930. The van der Waals surface area contributed by atoms with E-state index in [0.29, 0.717) is 0 Å². The fourth-order valence-corrected chi connectivity index (χ4v) is 5.87. The Morgan fingerprint density at radius 3 is 1.55 bits per heavy atom. The van der Waals surface area contributed by atoms with E-state index in [1.54, 1.807) is 0 Å². The SMILES string of the molecule is Cc1ccc(-c2ccc(-c3c4ccccc4c(-c4ccc(-c5ccncc5)cc4C)c4ccccc34)cc2)cn1. The van der Waals surface area contributed by atoms with Gasteiger partial charge in [-0.15, -0.1) is 0 Å². The molecule has 40 heavy (non-hydrogen) atoms. The number of hydrogen-bond donors (Lipinski definition) is 0. The van der Waals surface area contributed by atoms with Gasteiger partial charge in [-0.25, -0.2) is 0 Å². The maximum atomic E-state index is 4.48. The summed E-state index contributed by atoms with van der Waals surface area (Å²) in [6.45, 7) is 4.24. The molecule has 2 heteroatoms. The van der Waals surface area contributed by atoms with Crippen LogP contribution in [-0.2, 0) is 0 Å². The van der Waals surface area contributed by atoms with Crippen LogP contribution in [0, 0.1) is 13.8 Å². The first-order valence-corrected chi connectivity index (χ1v) is 13.7. The van der Waals surface area contributed by atoms with Gasteiger partial charge in [0.25, 0.3) is 0 Å². The van der Waals surface area contributed by atoms with Gasteiger partial charge in [-0.1, -0.05) is 97.1 Å². The molecule has 0 bridgehead atoms. The van der Waals surface area contributed by atoms with Crippen molar-refractivity contribution in [2.45, 2.75) is 13.8 Å². The molecule has 190 valence electrons. The summed E-state index contributed by atoms with van der Waals surface area (Å²) in [5.41, 5.74) is 12.0. The zero-order chi connectivity index (χ0) is 27.1. The second kappa shape index (κ2) is 9.91. The Morgan fingerprint density at radius 1 is 0.450 bits per heavy atom. The third kappa shape index (κ3) is 4.15. The van der Waals surface area contributed by atoms with Crippen LogP contribution in [0.3, 0.4) is 0 Å². The third-order valence-corrected chi connectivity index (χ3v) is 7.86. The third-order valence-electron chi connectivity index (χ3n) is 7.86. The van der Waals surface area contributed by atoms with E-state index >= 15 is 0 Å². The molecule has 2 nitrogen and oxygen atoms in total. The van der Waals surface area contributed by atoms with Crippen LogP contribution in [0.1, 0.15) is 11.3 Å². The van der Waals surface area contributed by atoms with E-state index in [2.05, 4.69) is 132 Å². The van der Waals surface area contributed by atoms with E-state index < -0.39 is 0 Å². The van der Waals surface area contributed by atoms with E-state index in [-0.39, 0.29) is 0 Å². The number of fused-ring (bicyclic) bond motifs is 2. The standard InChI is InChI=1S/C38H28N2/c1-25-23-30(28-19-21-39-22-20-28)17-18-32(25)38-35-9-5-3-7-33(35)37(34-8-4-6-10-36(34)38)29-15-13-27(14-16-29)31-12-11-26(2)40-24-31/h3-24H,1-2H3. The van der Waals surface area contributed by atoms with Gasteiger partial charge < -0.3 is 0 Å². The molecule has 0 radical (unpaired) electrons. The predicted molar refractivity (Wildman–Crippen MR) is 168 cm³/mol. The van der Waals surface area contributed by atoms with E-state index in [9.17, 15) is 0 Å². The van der Waals surface area contributed by atoms with Crippen molar-refractivity contribution in [3.8, 4) is 44.5 Å². The van der Waals surface area contributed by atoms with Crippen LogP contribution in [0.4, 0.5) is 0 Å². The highest BCUT2D eigenvalue weighted by molar-refractivity contribution is 6.21. The number of aromatic nitrogens is 2. The van der Waals surface area contributed by atoms with Gasteiger partial charge in [0.05, 0.1) is 0 Å². The van der Waals surface area contributed by atoms with Crippen LogP contribution in [0.15, 0.2) is 134 Å². The van der Waals surface area contributed by atoms with Gasteiger partial charge in [-0.2, -0.15) is 0 Å². The lowest BCUT2D eigenvalue weighted by atomic mass is 9.84. The summed E-state index contributed by atoms with van der Waals surface area (Å²) in [6, 6.07) is 41.7. The molecule has 0 fully saturated rings. The molecule has 0 unspecified atom stereocenters. The molecule has 5 aromatic carbocycles. The van der Waals surface area contributed by atoms with Crippen molar-refractivity contribution in [1.29, 1.82) is 0 Å². The number of nitrogens with zero attached hydrogens (tertiary/aromatic N) is 2. The summed E-state index contributed by atoms with van der Waals surface area (Å²) >= 11 is 0. The van der Waals surface area contributed by atoms with Crippen LogP contribution in [-0.4, -0.2) is 9.97 Å². The first-order valence-electron chi connectivity index (χ1n) is 13.7. The largest absolute Gasteiger partial charge is 0.265 e. The summed E-state index contributed by atoms with van der Waals surface area (Å²) in [4.78, 5) is 8.66. The highest BCUT2D eigenvalue weighted by atomic mass is 14.7. The molecule has 0 aliphatic rings. The molecule has 0 amide bonds. The van der Waals surface area contributed by atoms with Gasteiger partial charge in [-0.05, 0) is 98.1 Å². The Labute approximate surface area is 234 Å². The molecule has 0 aliphatic carbocycles. The first kappa shape index (κ1) is 24.0. The normalized spacial score (nSPS) is 11.2. The molecular formula is C38H28N2. The fraction of sp³-hybridized carbons (Fsp3) is 0.0526. The molecule has 7 aromatic rings. The van der Waals surface area contributed by atoms with Gasteiger partial charge in [0, 0.05) is 29.8 Å². The summed E-state index contributed by atoms with van der Waals surface area (Å²) in [7, 11) is 0. The number of aryl methyl sites for hydroxylation is 2. The molecule has 0 atom stereocenters. The lowest BCUT2D eigenvalue weighted by Gasteiger charge is -2.19. The van der Waals surface area contributed by atoms with Crippen molar-refractivity contribution < 1.29 is 0 Å². The summed E-state index contributed by atoms with van der Waals surface area (Å²) in [5, 5.41) is 5.06.